The average Bonchev–Trinajstić information content (AvgIpc) is 1.77. The Morgan fingerprint density at radius 3 is 1.89 bits per heavy atom. The maximum absolute atomic E-state index is 5.39. The fraction of sp³-hybridized carbons (Fsp3) is 0.143. The van der Waals surface area contributed by atoms with Crippen molar-refractivity contribution in [1.82, 2.24) is 0 Å². The second kappa shape index (κ2) is 3.41. The predicted octanol–water partition coefficient (Wildman–Crippen LogP) is 2.19. The highest BCUT2D eigenvalue weighted by Crippen LogP contribution is 2.07. The number of thiol groups is 1. The average molecular weight is 141 g/mol. The Balaban J connectivity index is 0.000000640. The Hall–Kier alpha value is -0.630. The van der Waals surface area contributed by atoms with Crippen LogP contribution in [0.4, 0.5) is 5.69 Å². The van der Waals surface area contributed by atoms with E-state index >= 15 is 0 Å². The van der Waals surface area contributed by atoms with E-state index in [2.05, 4.69) is 12.6 Å². The second-order valence-corrected chi connectivity index (χ2v) is 2.11. The lowest BCUT2D eigenvalue weighted by atomic mass is 10.3. The minimum atomic E-state index is 0. The first-order valence-corrected chi connectivity index (χ1v) is 2.78. The van der Waals surface area contributed by atoms with Crippen molar-refractivity contribution in [2.45, 2.75) is 12.3 Å². The number of hydrogen-bond acceptors (Lipinski definition) is 2. The second-order valence-electron chi connectivity index (χ2n) is 1.59. The van der Waals surface area contributed by atoms with Gasteiger partial charge in [0.15, 0.2) is 0 Å². The molecule has 0 aliphatic rings. The molecule has 0 atom stereocenters. The van der Waals surface area contributed by atoms with E-state index in [0.29, 0.717) is 0 Å². The van der Waals surface area contributed by atoms with Gasteiger partial charge in [-0.2, -0.15) is 0 Å². The molecule has 1 aromatic rings. The van der Waals surface area contributed by atoms with Crippen molar-refractivity contribution < 1.29 is 0 Å². The normalized spacial score (nSPS) is 8.11. The SMILES string of the molecule is C.Nc1ccc(S)cc1. The number of nitrogens with two attached hydrogens (primary N) is 1. The lowest BCUT2D eigenvalue weighted by molar-refractivity contribution is 1.48. The van der Waals surface area contributed by atoms with Crippen molar-refractivity contribution in [3.8, 4) is 0 Å². The van der Waals surface area contributed by atoms with Crippen LogP contribution in [0.1, 0.15) is 7.43 Å². The fourth-order valence-corrected chi connectivity index (χ4v) is 0.623. The molecular formula is C7H11NS. The molecule has 9 heavy (non-hydrogen) atoms. The molecule has 0 spiro atoms. The number of benzene rings is 1. The third-order valence-electron chi connectivity index (χ3n) is 0.893. The Morgan fingerprint density at radius 1 is 1.11 bits per heavy atom. The fourth-order valence-electron chi connectivity index (χ4n) is 0.474. The number of anilines is 1. The molecule has 0 aliphatic carbocycles. The van der Waals surface area contributed by atoms with Gasteiger partial charge in [0, 0.05) is 10.6 Å². The summed E-state index contributed by atoms with van der Waals surface area (Å²) in [5.74, 6) is 0. The molecule has 0 aromatic heterocycles. The molecule has 0 radical (unpaired) electrons. The van der Waals surface area contributed by atoms with E-state index in [9.17, 15) is 0 Å². The third-order valence-corrected chi connectivity index (χ3v) is 1.19. The zero-order valence-corrected chi connectivity index (χ0v) is 5.23. The van der Waals surface area contributed by atoms with Gasteiger partial charge >= 0.3 is 0 Å². The van der Waals surface area contributed by atoms with Gasteiger partial charge in [-0.3, -0.25) is 0 Å². The van der Waals surface area contributed by atoms with Gasteiger partial charge in [-0.05, 0) is 24.3 Å². The van der Waals surface area contributed by atoms with E-state index in [0.717, 1.165) is 10.6 Å². The van der Waals surface area contributed by atoms with Crippen molar-refractivity contribution >= 4 is 18.3 Å². The van der Waals surface area contributed by atoms with Crippen molar-refractivity contribution in [1.29, 1.82) is 0 Å². The van der Waals surface area contributed by atoms with E-state index in [1.54, 1.807) is 0 Å². The molecule has 0 amide bonds. The van der Waals surface area contributed by atoms with Gasteiger partial charge in [0.05, 0.1) is 0 Å². The number of rotatable bonds is 0. The minimum absolute atomic E-state index is 0. The van der Waals surface area contributed by atoms with Crippen LogP contribution in [0.3, 0.4) is 0 Å². The summed E-state index contributed by atoms with van der Waals surface area (Å²) in [7, 11) is 0. The number of nitrogen functional groups attached to an aromatic ring is 1. The van der Waals surface area contributed by atoms with Crippen LogP contribution in [0.5, 0.6) is 0 Å². The molecule has 0 saturated heterocycles. The molecule has 2 N–H and O–H groups in total. The molecule has 1 nitrogen and oxygen atoms in total. The molecule has 1 rings (SSSR count). The Labute approximate surface area is 61.3 Å². The van der Waals surface area contributed by atoms with Crippen LogP contribution in [0, 0.1) is 0 Å². The van der Waals surface area contributed by atoms with Gasteiger partial charge in [-0.25, -0.2) is 0 Å². The lowest BCUT2D eigenvalue weighted by Crippen LogP contribution is -1.80. The van der Waals surface area contributed by atoms with Crippen molar-refractivity contribution in [3.63, 3.8) is 0 Å². The Morgan fingerprint density at radius 2 is 1.56 bits per heavy atom. The van der Waals surface area contributed by atoms with E-state index < -0.39 is 0 Å². The Kier molecular flexibility index (Phi) is 3.17. The topological polar surface area (TPSA) is 26.0 Å². The van der Waals surface area contributed by atoms with Crippen LogP contribution in [0.15, 0.2) is 29.2 Å². The summed E-state index contributed by atoms with van der Waals surface area (Å²) in [6, 6.07) is 7.36. The predicted molar refractivity (Wildman–Crippen MR) is 44.8 cm³/mol. The van der Waals surface area contributed by atoms with Gasteiger partial charge in [-0.15, -0.1) is 12.6 Å². The first kappa shape index (κ1) is 8.37. The van der Waals surface area contributed by atoms with Gasteiger partial charge < -0.3 is 5.73 Å². The zero-order chi connectivity index (χ0) is 5.98. The first-order chi connectivity index (χ1) is 3.79. The van der Waals surface area contributed by atoms with Crippen molar-refractivity contribution in [2.75, 3.05) is 5.73 Å². The molecule has 0 bridgehead atoms. The van der Waals surface area contributed by atoms with Crippen molar-refractivity contribution in [2.24, 2.45) is 0 Å². The molecule has 0 fully saturated rings. The van der Waals surface area contributed by atoms with Gasteiger partial charge in [0.1, 0.15) is 0 Å². The summed E-state index contributed by atoms with van der Waals surface area (Å²) in [5, 5.41) is 0. The monoisotopic (exact) mass is 141 g/mol. The molecule has 0 unspecified atom stereocenters. The molecule has 2 heteroatoms. The maximum Gasteiger partial charge on any atom is 0.0314 e. The maximum atomic E-state index is 5.39. The molecule has 1 aromatic carbocycles. The van der Waals surface area contributed by atoms with Gasteiger partial charge in [-0.1, -0.05) is 7.43 Å². The summed E-state index contributed by atoms with van der Waals surface area (Å²) < 4.78 is 0. The smallest absolute Gasteiger partial charge is 0.0314 e. The lowest BCUT2D eigenvalue weighted by Gasteiger charge is -1.89. The minimum Gasteiger partial charge on any atom is -0.399 e. The summed E-state index contributed by atoms with van der Waals surface area (Å²) in [5.41, 5.74) is 6.17. The first-order valence-electron chi connectivity index (χ1n) is 2.33. The van der Waals surface area contributed by atoms with E-state index in [-0.39, 0.29) is 7.43 Å². The van der Waals surface area contributed by atoms with E-state index in [1.165, 1.54) is 0 Å². The van der Waals surface area contributed by atoms with Crippen LogP contribution in [0.2, 0.25) is 0 Å². The quantitative estimate of drug-likeness (QED) is 0.420. The third kappa shape index (κ3) is 2.42. The van der Waals surface area contributed by atoms with Crippen LogP contribution in [0.25, 0.3) is 0 Å². The van der Waals surface area contributed by atoms with Crippen LogP contribution >= 0.6 is 12.6 Å². The number of hydrogen-bond donors (Lipinski definition) is 2. The van der Waals surface area contributed by atoms with Gasteiger partial charge in [0.25, 0.3) is 0 Å². The van der Waals surface area contributed by atoms with E-state index in [1.807, 2.05) is 24.3 Å². The van der Waals surface area contributed by atoms with Gasteiger partial charge in [0.2, 0.25) is 0 Å². The van der Waals surface area contributed by atoms with Crippen molar-refractivity contribution in [3.05, 3.63) is 24.3 Å². The summed E-state index contributed by atoms with van der Waals surface area (Å²) in [6.45, 7) is 0. The molecule has 0 saturated carbocycles. The van der Waals surface area contributed by atoms with Crippen LogP contribution < -0.4 is 5.73 Å². The molecular weight excluding hydrogens is 130 g/mol. The highest BCUT2D eigenvalue weighted by atomic mass is 32.1. The highest BCUT2D eigenvalue weighted by molar-refractivity contribution is 7.80. The summed E-state index contributed by atoms with van der Waals surface area (Å²) in [6.07, 6.45) is 0. The largest absolute Gasteiger partial charge is 0.399 e. The molecule has 0 heterocycles. The Bertz CT molecular complexity index is 148. The van der Waals surface area contributed by atoms with Crippen LogP contribution in [-0.4, -0.2) is 0 Å². The standard InChI is InChI=1S/C6H7NS.CH4/c7-5-1-3-6(8)4-2-5;/h1-4,8H,7H2;1H4. The zero-order valence-electron chi connectivity index (χ0n) is 4.33. The van der Waals surface area contributed by atoms with Crippen LogP contribution in [-0.2, 0) is 0 Å². The molecule has 0 aliphatic heterocycles. The highest BCUT2D eigenvalue weighted by Gasteiger charge is 1.81. The molecule has 50 valence electrons. The van der Waals surface area contributed by atoms with E-state index in [4.69, 9.17) is 5.73 Å². The summed E-state index contributed by atoms with van der Waals surface area (Å²) in [4.78, 5) is 0.944. The summed E-state index contributed by atoms with van der Waals surface area (Å²) >= 11 is 4.08.